The molecule has 142 valence electrons. The van der Waals surface area contributed by atoms with Crippen molar-refractivity contribution in [2.45, 2.75) is 17.8 Å². The van der Waals surface area contributed by atoms with E-state index in [1.165, 1.54) is 11.8 Å². The molecule has 2 atom stereocenters. The maximum Gasteiger partial charge on any atom is 0.164 e. The summed E-state index contributed by atoms with van der Waals surface area (Å²) in [5.74, 6) is 0.790. The molecule has 0 bridgehead atoms. The average Bonchev–Trinajstić information content (AvgIpc) is 3.05. The molecule has 27 heavy (non-hydrogen) atoms. The van der Waals surface area contributed by atoms with Gasteiger partial charge in [0.05, 0.1) is 23.6 Å². The molecular weight excluding hydrogens is 447 g/mol. The van der Waals surface area contributed by atoms with Gasteiger partial charge in [0.15, 0.2) is 15.0 Å². The van der Waals surface area contributed by atoms with E-state index in [1.54, 1.807) is 18.2 Å². The van der Waals surface area contributed by atoms with Crippen LogP contribution in [0.15, 0.2) is 47.5 Å². The molecule has 0 aromatic heterocycles. The summed E-state index contributed by atoms with van der Waals surface area (Å²) in [6.45, 7) is 0. The van der Waals surface area contributed by atoms with E-state index < -0.39 is 9.84 Å². The van der Waals surface area contributed by atoms with Gasteiger partial charge in [0.1, 0.15) is 0 Å². The molecule has 2 heterocycles. The van der Waals surface area contributed by atoms with Crippen LogP contribution in [0.5, 0.6) is 0 Å². The van der Waals surface area contributed by atoms with Gasteiger partial charge in [0.2, 0.25) is 0 Å². The van der Waals surface area contributed by atoms with Crippen molar-refractivity contribution in [3.63, 3.8) is 0 Å². The average molecular weight is 462 g/mol. The van der Waals surface area contributed by atoms with Crippen molar-refractivity contribution in [3.05, 3.63) is 63.1 Å². The first-order valence-corrected chi connectivity index (χ1v) is 12.2. The predicted octanol–water partition coefficient (Wildman–Crippen LogP) is 4.92. The van der Waals surface area contributed by atoms with Crippen molar-refractivity contribution < 1.29 is 8.42 Å². The number of nitrogens with zero attached hydrogens (tertiary/aromatic N) is 2. The molecule has 2 aliphatic heterocycles. The smallest absolute Gasteiger partial charge is 0.164 e. The van der Waals surface area contributed by atoms with E-state index in [-0.39, 0.29) is 23.6 Å². The van der Waals surface area contributed by atoms with Gasteiger partial charge >= 0.3 is 0 Å². The monoisotopic (exact) mass is 460 g/mol. The Morgan fingerprint density at radius 1 is 1.07 bits per heavy atom. The number of sulfone groups is 1. The van der Waals surface area contributed by atoms with E-state index in [0.29, 0.717) is 20.8 Å². The number of amidine groups is 1. The third-order valence-corrected chi connectivity index (χ3v) is 8.10. The second-order valence-corrected chi connectivity index (χ2v) is 10.9. The van der Waals surface area contributed by atoms with Crippen LogP contribution in [0.25, 0.3) is 0 Å². The zero-order chi connectivity index (χ0) is 19.2. The summed E-state index contributed by atoms with van der Waals surface area (Å²) >= 11 is 19.9. The number of thioether (sulfide) groups is 1. The Balaban J connectivity index is 1.63. The summed E-state index contributed by atoms with van der Waals surface area (Å²) in [6, 6.07) is 12.4. The third kappa shape index (κ3) is 4.10. The first-order chi connectivity index (χ1) is 12.8. The third-order valence-electron chi connectivity index (χ3n) is 4.57. The molecule has 2 aromatic rings. The zero-order valence-electron chi connectivity index (χ0n) is 14.0. The molecule has 0 saturated carbocycles. The molecule has 1 fully saturated rings. The number of hydrogen-bond acceptors (Lipinski definition) is 5. The minimum atomic E-state index is -3.09. The van der Waals surface area contributed by atoms with E-state index in [0.717, 1.165) is 16.4 Å². The van der Waals surface area contributed by atoms with Gasteiger partial charge in [-0.3, -0.25) is 4.99 Å². The van der Waals surface area contributed by atoms with E-state index in [2.05, 4.69) is 0 Å². The lowest BCUT2D eigenvalue weighted by molar-refractivity contribution is 0.601. The number of rotatable bonds is 3. The van der Waals surface area contributed by atoms with Crippen LogP contribution in [0.3, 0.4) is 0 Å². The Morgan fingerprint density at radius 3 is 2.59 bits per heavy atom. The zero-order valence-corrected chi connectivity index (χ0v) is 17.9. The van der Waals surface area contributed by atoms with Crippen LogP contribution < -0.4 is 4.90 Å². The van der Waals surface area contributed by atoms with Gasteiger partial charge in [-0.2, -0.15) is 0 Å². The minimum Gasteiger partial charge on any atom is -0.315 e. The summed E-state index contributed by atoms with van der Waals surface area (Å²) in [5, 5.41) is 2.58. The Kier molecular flexibility index (Phi) is 5.38. The number of aliphatic imine (C=N–C) groups is 1. The first kappa shape index (κ1) is 19.4. The lowest BCUT2D eigenvalue weighted by Crippen LogP contribution is -2.39. The molecule has 0 N–H and O–H groups in total. The molecule has 4 nitrogen and oxygen atoms in total. The van der Waals surface area contributed by atoms with Crippen LogP contribution in [-0.4, -0.2) is 37.2 Å². The van der Waals surface area contributed by atoms with Gasteiger partial charge in [-0.1, -0.05) is 58.7 Å². The summed E-state index contributed by atoms with van der Waals surface area (Å²) < 4.78 is 24.2. The van der Waals surface area contributed by atoms with Gasteiger partial charge in [-0.25, -0.2) is 8.42 Å². The molecule has 1 saturated heterocycles. The van der Waals surface area contributed by atoms with Crippen LogP contribution >= 0.6 is 46.6 Å². The van der Waals surface area contributed by atoms with E-state index in [4.69, 9.17) is 39.8 Å². The SMILES string of the molecule is O=S1(=O)CC2N=C(SCc3ccc(Cl)cc3Cl)N(c3cccc(Cl)c3)C2C1. The lowest BCUT2D eigenvalue weighted by Gasteiger charge is -2.26. The molecule has 2 aromatic carbocycles. The van der Waals surface area contributed by atoms with E-state index in [1.807, 2.05) is 29.2 Å². The Hall–Kier alpha value is -0.920. The highest BCUT2D eigenvalue weighted by molar-refractivity contribution is 8.13. The van der Waals surface area contributed by atoms with Crippen molar-refractivity contribution in [3.8, 4) is 0 Å². The lowest BCUT2D eigenvalue weighted by atomic mass is 10.1. The molecule has 4 rings (SSSR count). The molecule has 0 aliphatic carbocycles. The van der Waals surface area contributed by atoms with Crippen LogP contribution in [0.4, 0.5) is 5.69 Å². The number of anilines is 1. The largest absolute Gasteiger partial charge is 0.315 e. The second-order valence-electron chi connectivity index (χ2n) is 6.50. The van der Waals surface area contributed by atoms with Crippen molar-refractivity contribution in [2.24, 2.45) is 4.99 Å². The Bertz CT molecular complexity index is 1030. The van der Waals surface area contributed by atoms with Gasteiger partial charge in [0, 0.05) is 26.5 Å². The topological polar surface area (TPSA) is 49.7 Å². The number of fused-ring (bicyclic) bond motifs is 1. The highest BCUT2D eigenvalue weighted by Gasteiger charge is 2.47. The highest BCUT2D eigenvalue weighted by Crippen LogP contribution is 2.37. The standard InChI is InChI=1S/C18H15Cl3N2O2S2/c19-12-2-1-3-14(6-12)23-17-10-27(24,25)9-16(17)22-18(23)26-8-11-4-5-13(20)7-15(11)21/h1-7,16-17H,8-10H2. The fourth-order valence-corrected chi connectivity index (χ4v) is 7.05. The minimum absolute atomic E-state index is 0.0838. The summed E-state index contributed by atoms with van der Waals surface area (Å²) in [6.07, 6.45) is 0. The van der Waals surface area contributed by atoms with Crippen LogP contribution in [-0.2, 0) is 15.6 Å². The summed E-state index contributed by atoms with van der Waals surface area (Å²) in [4.78, 5) is 6.71. The van der Waals surface area contributed by atoms with Gasteiger partial charge < -0.3 is 4.90 Å². The van der Waals surface area contributed by atoms with Crippen LogP contribution in [0.2, 0.25) is 15.1 Å². The highest BCUT2D eigenvalue weighted by atomic mass is 35.5. The number of hydrogen-bond donors (Lipinski definition) is 0. The molecule has 0 spiro atoms. The molecular formula is C18H15Cl3N2O2S2. The predicted molar refractivity (Wildman–Crippen MR) is 115 cm³/mol. The maximum atomic E-state index is 12.1. The first-order valence-electron chi connectivity index (χ1n) is 8.22. The van der Waals surface area contributed by atoms with Crippen molar-refractivity contribution in [1.82, 2.24) is 0 Å². The Morgan fingerprint density at radius 2 is 1.85 bits per heavy atom. The van der Waals surface area contributed by atoms with Crippen LogP contribution in [0, 0.1) is 0 Å². The van der Waals surface area contributed by atoms with E-state index >= 15 is 0 Å². The molecule has 9 heteroatoms. The van der Waals surface area contributed by atoms with Crippen molar-refractivity contribution >= 4 is 67.3 Å². The second kappa shape index (κ2) is 7.48. The maximum absolute atomic E-state index is 12.1. The van der Waals surface area contributed by atoms with Crippen molar-refractivity contribution in [1.29, 1.82) is 0 Å². The Labute approximate surface area is 177 Å². The summed E-state index contributed by atoms with van der Waals surface area (Å²) in [5.41, 5.74) is 1.80. The molecule has 0 radical (unpaired) electrons. The normalized spacial score (nSPS) is 23.4. The fraction of sp³-hybridized carbons (Fsp3) is 0.278. The summed E-state index contributed by atoms with van der Waals surface area (Å²) in [7, 11) is -3.09. The van der Waals surface area contributed by atoms with Crippen LogP contribution in [0.1, 0.15) is 5.56 Å². The van der Waals surface area contributed by atoms with Crippen molar-refractivity contribution in [2.75, 3.05) is 16.4 Å². The molecule has 0 amide bonds. The quantitative estimate of drug-likeness (QED) is 0.651. The molecule has 2 aliphatic rings. The fourth-order valence-electron chi connectivity index (χ4n) is 3.34. The van der Waals surface area contributed by atoms with Gasteiger partial charge in [0.25, 0.3) is 0 Å². The number of halogens is 3. The van der Waals surface area contributed by atoms with Gasteiger partial charge in [-0.15, -0.1) is 0 Å². The number of benzene rings is 2. The molecule has 2 unspecified atom stereocenters. The van der Waals surface area contributed by atoms with E-state index in [9.17, 15) is 8.42 Å². The van der Waals surface area contributed by atoms with Gasteiger partial charge in [-0.05, 0) is 35.9 Å².